The molecule has 0 spiro atoms. The third-order valence-corrected chi connectivity index (χ3v) is 6.30. The van der Waals surface area contributed by atoms with Crippen LogP contribution in [0.3, 0.4) is 0 Å². The number of benzene rings is 2. The summed E-state index contributed by atoms with van der Waals surface area (Å²) in [7, 11) is -0.910. The van der Waals surface area contributed by atoms with Gasteiger partial charge in [-0.3, -0.25) is 4.79 Å². The van der Waals surface area contributed by atoms with Crippen LogP contribution in [-0.4, -0.2) is 34.5 Å². The van der Waals surface area contributed by atoms with Gasteiger partial charge in [0.2, 0.25) is 15.9 Å². The molecule has 0 radical (unpaired) electrons. The first-order chi connectivity index (χ1) is 13.4. The minimum absolute atomic E-state index is 0.0314. The zero-order chi connectivity index (χ0) is 20.1. The van der Waals surface area contributed by atoms with E-state index < -0.39 is 10.0 Å². The molecule has 1 atom stereocenters. The van der Waals surface area contributed by atoms with Crippen LogP contribution in [0.15, 0.2) is 53.4 Å². The standard InChI is InChI=1S/C21H24N2O4S/c1-22-28(25,26)20-13-15(7-11-19(20)27-2)8-12-21(24)23-18-10-9-16-5-3-4-6-17(16)14-18/h3-8,11-13,18,22H,9-10,14H2,1-2H3,(H,23,24)/b12-8+. The number of amides is 1. The zero-order valence-corrected chi connectivity index (χ0v) is 16.8. The van der Waals surface area contributed by atoms with E-state index in [1.165, 1.54) is 37.4 Å². The first-order valence-corrected chi connectivity index (χ1v) is 10.6. The summed E-state index contributed by atoms with van der Waals surface area (Å²) in [6, 6.07) is 13.1. The lowest BCUT2D eigenvalue weighted by atomic mass is 9.88. The van der Waals surface area contributed by atoms with Crippen molar-refractivity contribution in [3.8, 4) is 5.75 Å². The van der Waals surface area contributed by atoms with Crippen molar-refractivity contribution in [1.82, 2.24) is 10.0 Å². The summed E-state index contributed by atoms with van der Waals surface area (Å²) in [5.74, 6) is 0.0510. The highest BCUT2D eigenvalue weighted by atomic mass is 32.2. The smallest absolute Gasteiger partial charge is 0.244 e. The SMILES string of the molecule is CNS(=O)(=O)c1cc(/C=C/C(=O)NC2CCc3ccccc3C2)ccc1OC. The highest BCUT2D eigenvalue weighted by Crippen LogP contribution is 2.25. The van der Waals surface area contributed by atoms with Crippen LogP contribution in [0.4, 0.5) is 0 Å². The Morgan fingerprint density at radius 2 is 1.93 bits per heavy atom. The molecule has 0 aliphatic heterocycles. The second-order valence-corrected chi connectivity index (χ2v) is 8.52. The van der Waals surface area contributed by atoms with Crippen LogP contribution < -0.4 is 14.8 Å². The number of nitrogens with one attached hydrogen (secondary N) is 2. The van der Waals surface area contributed by atoms with Gasteiger partial charge in [0.25, 0.3) is 0 Å². The Morgan fingerprint density at radius 1 is 1.18 bits per heavy atom. The van der Waals surface area contributed by atoms with Crippen LogP contribution >= 0.6 is 0 Å². The van der Waals surface area contributed by atoms with Gasteiger partial charge in [0.05, 0.1) is 7.11 Å². The van der Waals surface area contributed by atoms with Gasteiger partial charge in [-0.25, -0.2) is 13.1 Å². The molecule has 0 aromatic heterocycles. The normalized spacial score (nSPS) is 16.6. The van der Waals surface area contributed by atoms with Crippen molar-refractivity contribution in [3.05, 3.63) is 65.2 Å². The van der Waals surface area contributed by atoms with Gasteiger partial charge in [-0.2, -0.15) is 0 Å². The Hall–Kier alpha value is -2.64. The van der Waals surface area contributed by atoms with E-state index in [9.17, 15) is 13.2 Å². The number of ether oxygens (including phenoxy) is 1. The van der Waals surface area contributed by atoms with Crippen molar-refractivity contribution < 1.29 is 17.9 Å². The van der Waals surface area contributed by atoms with Crippen molar-refractivity contribution in [2.45, 2.75) is 30.2 Å². The van der Waals surface area contributed by atoms with Crippen LogP contribution in [0.1, 0.15) is 23.1 Å². The average Bonchev–Trinajstić information content (AvgIpc) is 2.72. The number of hydrogen-bond acceptors (Lipinski definition) is 4. The highest BCUT2D eigenvalue weighted by Gasteiger charge is 2.19. The Morgan fingerprint density at radius 3 is 2.64 bits per heavy atom. The summed E-state index contributed by atoms with van der Waals surface area (Å²) < 4.78 is 31.7. The Labute approximate surface area is 165 Å². The Balaban J connectivity index is 1.69. The van der Waals surface area contributed by atoms with Crippen LogP contribution in [0.5, 0.6) is 5.75 Å². The second kappa shape index (κ2) is 8.58. The summed E-state index contributed by atoms with van der Waals surface area (Å²) in [6.07, 6.45) is 5.71. The lowest BCUT2D eigenvalue weighted by molar-refractivity contribution is -0.117. The van der Waals surface area contributed by atoms with Crippen LogP contribution in [0, 0.1) is 0 Å². The molecular formula is C21H24N2O4S. The predicted molar refractivity (Wildman–Crippen MR) is 109 cm³/mol. The van der Waals surface area contributed by atoms with Crippen molar-refractivity contribution in [1.29, 1.82) is 0 Å². The molecule has 2 aromatic carbocycles. The van der Waals surface area contributed by atoms with E-state index in [0.29, 0.717) is 5.56 Å². The molecule has 0 saturated carbocycles. The summed E-state index contributed by atoms with van der Waals surface area (Å²) in [4.78, 5) is 12.3. The fourth-order valence-corrected chi connectivity index (χ4v) is 4.29. The molecular weight excluding hydrogens is 376 g/mol. The molecule has 1 unspecified atom stereocenters. The van der Waals surface area contributed by atoms with Crippen LogP contribution in [0.2, 0.25) is 0 Å². The molecule has 28 heavy (non-hydrogen) atoms. The van der Waals surface area contributed by atoms with Gasteiger partial charge in [0, 0.05) is 12.1 Å². The quantitative estimate of drug-likeness (QED) is 0.729. The number of aryl methyl sites for hydroxylation is 1. The summed E-state index contributed by atoms with van der Waals surface area (Å²) in [6.45, 7) is 0. The summed E-state index contributed by atoms with van der Waals surface area (Å²) in [5, 5.41) is 3.03. The molecule has 1 aliphatic carbocycles. The van der Waals surface area contributed by atoms with Crippen molar-refractivity contribution in [3.63, 3.8) is 0 Å². The van der Waals surface area contributed by atoms with Gasteiger partial charge >= 0.3 is 0 Å². The van der Waals surface area contributed by atoms with E-state index >= 15 is 0 Å². The van der Waals surface area contributed by atoms with Crippen molar-refractivity contribution in [2.75, 3.05) is 14.2 Å². The Kier molecular flexibility index (Phi) is 6.16. The highest BCUT2D eigenvalue weighted by molar-refractivity contribution is 7.89. The first-order valence-electron chi connectivity index (χ1n) is 9.10. The molecule has 0 saturated heterocycles. The zero-order valence-electron chi connectivity index (χ0n) is 15.9. The molecule has 2 N–H and O–H groups in total. The second-order valence-electron chi connectivity index (χ2n) is 6.67. The number of sulfonamides is 1. The monoisotopic (exact) mass is 400 g/mol. The first kappa shape index (κ1) is 20.1. The molecule has 1 amide bonds. The fraction of sp³-hybridized carbons (Fsp3) is 0.286. The molecule has 7 heteroatoms. The summed E-state index contributed by atoms with van der Waals surface area (Å²) >= 11 is 0. The van der Waals surface area contributed by atoms with Gasteiger partial charge in [-0.15, -0.1) is 0 Å². The number of methoxy groups -OCH3 is 1. The van der Waals surface area contributed by atoms with E-state index in [4.69, 9.17) is 4.74 Å². The van der Waals surface area contributed by atoms with E-state index in [-0.39, 0.29) is 22.6 Å². The van der Waals surface area contributed by atoms with E-state index in [0.717, 1.165) is 19.3 Å². The van der Waals surface area contributed by atoms with Crippen molar-refractivity contribution >= 4 is 22.0 Å². The lowest BCUT2D eigenvalue weighted by Crippen LogP contribution is -2.37. The maximum absolute atomic E-state index is 12.3. The number of rotatable bonds is 6. The lowest BCUT2D eigenvalue weighted by Gasteiger charge is -2.25. The molecule has 6 nitrogen and oxygen atoms in total. The number of hydrogen-bond donors (Lipinski definition) is 2. The van der Waals surface area contributed by atoms with Gasteiger partial charge in [0.15, 0.2) is 0 Å². The third kappa shape index (κ3) is 4.61. The third-order valence-electron chi connectivity index (χ3n) is 4.87. The molecule has 0 fully saturated rings. The van der Waals surface area contributed by atoms with Gasteiger partial charge in [0.1, 0.15) is 10.6 Å². The van der Waals surface area contributed by atoms with E-state index in [1.807, 2.05) is 12.1 Å². The molecule has 0 bridgehead atoms. The van der Waals surface area contributed by atoms with Crippen LogP contribution in [0.25, 0.3) is 6.08 Å². The number of carbonyl (C=O) groups is 1. The number of carbonyl (C=O) groups excluding carboxylic acids is 1. The molecule has 3 rings (SSSR count). The fourth-order valence-electron chi connectivity index (χ4n) is 3.36. The van der Waals surface area contributed by atoms with Crippen molar-refractivity contribution in [2.24, 2.45) is 0 Å². The molecule has 0 heterocycles. The van der Waals surface area contributed by atoms with Crippen LogP contribution in [-0.2, 0) is 27.7 Å². The minimum Gasteiger partial charge on any atom is -0.495 e. The number of fused-ring (bicyclic) bond motifs is 1. The van der Waals surface area contributed by atoms with Gasteiger partial charge < -0.3 is 10.1 Å². The van der Waals surface area contributed by atoms with Gasteiger partial charge in [-0.05, 0) is 61.2 Å². The minimum atomic E-state index is -3.66. The van der Waals surface area contributed by atoms with Gasteiger partial charge in [-0.1, -0.05) is 30.3 Å². The maximum Gasteiger partial charge on any atom is 0.244 e. The van der Waals surface area contributed by atoms with E-state index in [2.05, 4.69) is 22.2 Å². The summed E-state index contributed by atoms with van der Waals surface area (Å²) in [5.41, 5.74) is 3.22. The average molecular weight is 401 g/mol. The Bertz CT molecular complexity index is 999. The predicted octanol–water partition coefficient (Wildman–Crippen LogP) is 2.29. The molecule has 2 aromatic rings. The topological polar surface area (TPSA) is 84.5 Å². The largest absolute Gasteiger partial charge is 0.495 e. The molecule has 148 valence electrons. The van der Waals surface area contributed by atoms with E-state index in [1.54, 1.807) is 18.2 Å². The molecule has 1 aliphatic rings. The maximum atomic E-state index is 12.3.